The maximum atomic E-state index is 11.1. The van der Waals surface area contributed by atoms with E-state index < -0.39 is 0 Å². The third kappa shape index (κ3) is 1.64. The molecule has 76 valence electrons. The molecule has 1 saturated heterocycles. The minimum atomic E-state index is -0.356. The van der Waals surface area contributed by atoms with Crippen LogP contribution in [-0.4, -0.2) is 17.7 Å². The van der Waals surface area contributed by atoms with Crippen LogP contribution in [0.1, 0.15) is 34.6 Å². The lowest BCUT2D eigenvalue weighted by molar-refractivity contribution is 0.00331. The number of nitrogens with one attached hydrogen (secondary N) is 1. The number of cyclic esters (lactones) is 1. The largest absolute Gasteiger partial charge is 0.441 e. The molecule has 0 aliphatic carbocycles. The number of carbonyl (C=O) groups excluding carboxylic acids is 1. The number of hydrogen-bond donors (Lipinski definition) is 1. The molecule has 0 aromatic rings. The summed E-state index contributed by atoms with van der Waals surface area (Å²) in [5.74, 6) is 0.734. The smallest absolute Gasteiger partial charge is 0.408 e. The van der Waals surface area contributed by atoms with E-state index in [1.54, 1.807) is 0 Å². The lowest BCUT2D eigenvalue weighted by Crippen LogP contribution is -2.48. The normalized spacial score (nSPS) is 33.8. The molecule has 0 aromatic heterocycles. The second kappa shape index (κ2) is 3.20. The first kappa shape index (κ1) is 10.4. The molecule has 1 heterocycles. The summed E-state index contributed by atoms with van der Waals surface area (Å²) in [5, 5.41) is 2.86. The summed E-state index contributed by atoms with van der Waals surface area (Å²) in [6, 6.07) is 0.125. The molecule has 1 N–H and O–H groups in total. The van der Waals surface area contributed by atoms with Crippen molar-refractivity contribution < 1.29 is 9.53 Å². The van der Waals surface area contributed by atoms with Gasteiger partial charge >= 0.3 is 6.09 Å². The molecule has 0 spiro atoms. The molecule has 3 heteroatoms. The van der Waals surface area contributed by atoms with Gasteiger partial charge in [0.2, 0.25) is 0 Å². The van der Waals surface area contributed by atoms with Crippen LogP contribution < -0.4 is 5.32 Å². The van der Waals surface area contributed by atoms with Crippen LogP contribution in [0.4, 0.5) is 4.79 Å². The van der Waals surface area contributed by atoms with Crippen molar-refractivity contribution in [2.75, 3.05) is 0 Å². The van der Waals surface area contributed by atoms with E-state index in [4.69, 9.17) is 4.74 Å². The zero-order valence-corrected chi connectivity index (χ0v) is 9.05. The van der Waals surface area contributed by atoms with E-state index in [1.165, 1.54) is 0 Å². The van der Waals surface area contributed by atoms with E-state index in [2.05, 4.69) is 33.0 Å². The highest BCUT2D eigenvalue weighted by atomic mass is 16.6. The molecule has 1 rings (SSSR count). The Kier molecular flexibility index (Phi) is 2.55. The fourth-order valence-corrected chi connectivity index (χ4v) is 1.87. The van der Waals surface area contributed by atoms with Gasteiger partial charge in [-0.25, -0.2) is 4.79 Å². The summed E-state index contributed by atoms with van der Waals surface area (Å²) in [7, 11) is 0. The Morgan fingerprint density at radius 3 is 2.23 bits per heavy atom. The summed E-state index contributed by atoms with van der Waals surface area (Å²) in [4.78, 5) is 11.1. The van der Waals surface area contributed by atoms with E-state index in [1.807, 2.05) is 6.92 Å². The van der Waals surface area contributed by atoms with Crippen molar-refractivity contribution in [2.45, 2.75) is 46.3 Å². The SMILES string of the molecule is CC(C)[C@H]1NC(=O)O[C@]1(C)C(C)C. The van der Waals surface area contributed by atoms with Gasteiger partial charge in [0.25, 0.3) is 0 Å². The van der Waals surface area contributed by atoms with E-state index in [0.717, 1.165) is 0 Å². The van der Waals surface area contributed by atoms with Crippen molar-refractivity contribution in [3.8, 4) is 0 Å². The molecule has 3 nitrogen and oxygen atoms in total. The molecule has 1 aliphatic heterocycles. The topological polar surface area (TPSA) is 38.3 Å². The minimum Gasteiger partial charge on any atom is -0.441 e. The Bertz CT molecular complexity index is 213. The van der Waals surface area contributed by atoms with Crippen molar-refractivity contribution >= 4 is 6.09 Å². The summed E-state index contributed by atoms with van der Waals surface area (Å²) in [5.41, 5.74) is -0.356. The van der Waals surface area contributed by atoms with Gasteiger partial charge in [-0.05, 0) is 18.8 Å². The van der Waals surface area contributed by atoms with Gasteiger partial charge in [0.1, 0.15) is 5.60 Å². The van der Waals surface area contributed by atoms with Crippen LogP contribution in [0.25, 0.3) is 0 Å². The molecule has 0 saturated carbocycles. The molecule has 0 bridgehead atoms. The maximum absolute atomic E-state index is 11.1. The lowest BCUT2D eigenvalue weighted by atomic mass is 9.80. The first-order valence-corrected chi connectivity index (χ1v) is 4.87. The van der Waals surface area contributed by atoms with Gasteiger partial charge in [0, 0.05) is 0 Å². The van der Waals surface area contributed by atoms with Gasteiger partial charge in [0.15, 0.2) is 0 Å². The highest BCUT2D eigenvalue weighted by Crippen LogP contribution is 2.33. The van der Waals surface area contributed by atoms with Crippen molar-refractivity contribution in [1.29, 1.82) is 0 Å². The molecule has 0 aromatic carbocycles. The van der Waals surface area contributed by atoms with Crippen molar-refractivity contribution in [3.63, 3.8) is 0 Å². The highest BCUT2D eigenvalue weighted by molar-refractivity contribution is 5.71. The zero-order chi connectivity index (χ0) is 10.2. The summed E-state index contributed by atoms with van der Waals surface area (Å²) in [6.07, 6.45) is -0.282. The standard InChI is InChI=1S/C10H19NO2/c1-6(2)8-10(5,7(3)4)13-9(12)11-8/h6-8H,1-5H3,(H,11,12)/t8-,10-/m1/s1. The maximum Gasteiger partial charge on any atom is 0.408 e. The fraction of sp³-hybridized carbons (Fsp3) is 0.900. The molecule has 1 fully saturated rings. The second-order valence-electron chi connectivity index (χ2n) is 4.59. The number of rotatable bonds is 2. The fourth-order valence-electron chi connectivity index (χ4n) is 1.87. The molecule has 1 aliphatic rings. The monoisotopic (exact) mass is 185 g/mol. The van der Waals surface area contributed by atoms with E-state index in [9.17, 15) is 4.79 Å². The average molecular weight is 185 g/mol. The second-order valence-corrected chi connectivity index (χ2v) is 4.59. The van der Waals surface area contributed by atoms with Gasteiger partial charge in [-0.1, -0.05) is 27.7 Å². The predicted octanol–water partition coefficient (Wildman–Crippen LogP) is 2.17. The van der Waals surface area contributed by atoms with Crippen LogP contribution in [0.2, 0.25) is 0 Å². The van der Waals surface area contributed by atoms with Crippen LogP contribution in [0.3, 0.4) is 0 Å². The third-order valence-corrected chi connectivity index (χ3v) is 3.02. The van der Waals surface area contributed by atoms with Crippen LogP contribution in [0.5, 0.6) is 0 Å². The molecule has 1 amide bonds. The molecule has 0 radical (unpaired) electrons. The minimum absolute atomic E-state index is 0.125. The zero-order valence-electron chi connectivity index (χ0n) is 9.05. The van der Waals surface area contributed by atoms with Crippen LogP contribution in [0.15, 0.2) is 0 Å². The van der Waals surface area contributed by atoms with E-state index in [0.29, 0.717) is 11.8 Å². The van der Waals surface area contributed by atoms with Crippen LogP contribution >= 0.6 is 0 Å². The number of ether oxygens (including phenoxy) is 1. The summed E-state index contributed by atoms with van der Waals surface area (Å²) in [6.45, 7) is 10.4. The van der Waals surface area contributed by atoms with Crippen molar-refractivity contribution in [3.05, 3.63) is 0 Å². The number of alkyl carbamates (subject to hydrolysis) is 1. The summed E-state index contributed by atoms with van der Waals surface area (Å²) >= 11 is 0. The number of carbonyl (C=O) groups is 1. The number of hydrogen-bond acceptors (Lipinski definition) is 2. The third-order valence-electron chi connectivity index (χ3n) is 3.02. The Balaban J connectivity index is 2.88. The van der Waals surface area contributed by atoms with Gasteiger partial charge < -0.3 is 10.1 Å². The van der Waals surface area contributed by atoms with Crippen LogP contribution in [-0.2, 0) is 4.74 Å². The predicted molar refractivity (Wildman–Crippen MR) is 51.5 cm³/mol. The Hall–Kier alpha value is -0.730. The quantitative estimate of drug-likeness (QED) is 0.716. The molecule has 0 unspecified atom stereocenters. The van der Waals surface area contributed by atoms with Crippen LogP contribution in [0, 0.1) is 11.8 Å². The molecular weight excluding hydrogens is 166 g/mol. The Morgan fingerprint density at radius 2 is 1.92 bits per heavy atom. The van der Waals surface area contributed by atoms with E-state index >= 15 is 0 Å². The first-order valence-electron chi connectivity index (χ1n) is 4.87. The molecule has 2 atom stereocenters. The van der Waals surface area contributed by atoms with Gasteiger partial charge in [-0.15, -0.1) is 0 Å². The highest BCUT2D eigenvalue weighted by Gasteiger charge is 2.48. The van der Waals surface area contributed by atoms with Gasteiger partial charge in [-0.3, -0.25) is 0 Å². The van der Waals surface area contributed by atoms with Gasteiger partial charge in [-0.2, -0.15) is 0 Å². The molecular formula is C10H19NO2. The van der Waals surface area contributed by atoms with E-state index in [-0.39, 0.29) is 17.7 Å². The first-order chi connectivity index (χ1) is 5.88. The number of amides is 1. The Labute approximate surface area is 79.8 Å². The van der Waals surface area contributed by atoms with Gasteiger partial charge in [0.05, 0.1) is 6.04 Å². The lowest BCUT2D eigenvalue weighted by Gasteiger charge is -2.34. The Morgan fingerprint density at radius 1 is 1.38 bits per heavy atom. The average Bonchev–Trinajstić information content (AvgIpc) is 2.27. The van der Waals surface area contributed by atoms with Crippen molar-refractivity contribution in [2.24, 2.45) is 11.8 Å². The molecule has 13 heavy (non-hydrogen) atoms. The van der Waals surface area contributed by atoms with Crippen molar-refractivity contribution in [1.82, 2.24) is 5.32 Å². The summed E-state index contributed by atoms with van der Waals surface area (Å²) < 4.78 is 5.33.